The van der Waals surface area contributed by atoms with Gasteiger partial charge in [-0.05, 0) is 53.6 Å². The van der Waals surface area contributed by atoms with Gasteiger partial charge >= 0.3 is 0 Å². The molecule has 2 heterocycles. The highest BCUT2D eigenvalue weighted by molar-refractivity contribution is 5.56. The third-order valence-electron chi connectivity index (χ3n) is 6.61. The van der Waals surface area contributed by atoms with Crippen LogP contribution >= 0.6 is 0 Å². The molecule has 1 saturated carbocycles. The minimum atomic E-state index is -0.182. The van der Waals surface area contributed by atoms with Crippen molar-refractivity contribution in [2.24, 2.45) is 17.8 Å². The van der Waals surface area contributed by atoms with E-state index in [2.05, 4.69) is 10.2 Å². The normalized spacial score (nSPS) is 26.4. The van der Waals surface area contributed by atoms with Crippen LogP contribution in [0, 0.1) is 29.4 Å². The molecule has 0 amide bonds. The van der Waals surface area contributed by atoms with Crippen molar-refractivity contribution >= 4 is 11.4 Å². The molecular weight excluding hydrogens is 372 g/mol. The first-order valence-electron chi connectivity index (χ1n) is 10.5. The van der Waals surface area contributed by atoms with Crippen molar-refractivity contribution in [3.05, 3.63) is 59.7 Å². The Morgan fingerprint density at radius 3 is 2.38 bits per heavy atom. The van der Waals surface area contributed by atoms with Gasteiger partial charge in [-0.15, -0.1) is 0 Å². The molecule has 2 aliphatic heterocycles. The van der Waals surface area contributed by atoms with Gasteiger partial charge in [0.2, 0.25) is 0 Å². The Bertz CT molecular complexity index is 842. The average molecular weight is 399 g/mol. The quantitative estimate of drug-likeness (QED) is 0.804. The summed E-state index contributed by atoms with van der Waals surface area (Å²) in [7, 11) is 0. The van der Waals surface area contributed by atoms with E-state index in [1.807, 2.05) is 29.2 Å². The van der Waals surface area contributed by atoms with Crippen LogP contribution in [0.4, 0.5) is 20.2 Å². The monoisotopic (exact) mass is 399 g/mol. The molecule has 0 aromatic heterocycles. The lowest BCUT2D eigenvalue weighted by Gasteiger charge is -2.29. The number of benzene rings is 2. The zero-order valence-corrected chi connectivity index (χ0v) is 16.5. The lowest BCUT2D eigenvalue weighted by atomic mass is 10.2. The Hall–Kier alpha value is -2.18. The minimum absolute atomic E-state index is 0.168. The third kappa shape index (κ3) is 4.09. The summed E-state index contributed by atoms with van der Waals surface area (Å²) in [5.74, 6) is 1.76. The molecule has 2 atom stereocenters. The van der Waals surface area contributed by atoms with Crippen molar-refractivity contribution in [3.63, 3.8) is 0 Å². The summed E-state index contributed by atoms with van der Waals surface area (Å²) in [5, 5.41) is 3.43. The van der Waals surface area contributed by atoms with Crippen LogP contribution < -0.4 is 10.2 Å². The van der Waals surface area contributed by atoms with Crippen molar-refractivity contribution in [2.45, 2.75) is 6.54 Å². The van der Waals surface area contributed by atoms with E-state index >= 15 is 0 Å². The number of fused-ring (bicyclic) bond motifs is 1. The zero-order chi connectivity index (χ0) is 19.8. The molecular formula is C23H27F2N3O. The number of rotatable bonds is 6. The second kappa shape index (κ2) is 7.92. The van der Waals surface area contributed by atoms with Crippen LogP contribution in [0.3, 0.4) is 0 Å². The lowest BCUT2D eigenvalue weighted by Crippen LogP contribution is -2.36. The van der Waals surface area contributed by atoms with Crippen molar-refractivity contribution in [1.82, 2.24) is 4.90 Å². The van der Waals surface area contributed by atoms with E-state index in [0.29, 0.717) is 24.8 Å². The molecule has 6 heteroatoms. The molecule has 0 spiro atoms. The predicted octanol–water partition coefficient (Wildman–Crippen LogP) is 3.59. The van der Waals surface area contributed by atoms with Crippen molar-refractivity contribution in [2.75, 3.05) is 56.2 Å². The van der Waals surface area contributed by atoms with Crippen molar-refractivity contribution in [3.8, 4) is 0 Å². The fourth-order valence-corrected chi connectivity index (χ4v) is 4.93. The van der Waals surface area contributed by atoms with Gasteiger partial charge in [-0.2, -0.15) is 0 Å². The fourth-order valence-electron chi connectivity index (χ4n) is 4.93. The number of anilines is 2. The largest absolute Gasteiger partial charge is 0.385 e. The van der Waals surface area contributed by atoms with Gasteiger partial charge in [0.1, 0.15) is 11.6 Å². The zero-order valence-electron chi connectivity index (χ0n) is 16.5. The summed E-state index contributed by atoms with van der Waals surface area (Å²) < 4.78 is 32.9. The molecule has 2 unspecified atom stereocenters. The molecule has 29 heavy (non-hydrogen) atoms. The van der Waals surface area contributed by atoms with E-state index < -0.39 is 0 Å². The van der Waals surface area contributed by atoms with E-state index in [1.54, 1.807) is 6.07 Å². The van der Waals surface area contributed by atoms with E-state index in [0.717, 1.165) is 56.8 Å². The highest BCUT2D eigenvalue weighted by Gasteiger charge is 2.54. The first-order valence-corrected chi connectivity index (χ1v) is 10.5. The number of halogens is 2. The summed E-state index contributed by atoms with van der Waals surface area (Å²) >= 11 is 0. The number of nitrogens with one attached hydrogen (secondary N) is 1. The van der Waals surface area contributed by atoms with E-state index in [-0.39, 0.29) is 11.6 Å². The maximum atomic E-state index is 14.5. The van der Waals surface area contributed by atoms with Gasteiger partial charge in [0.15, 0.2) is 0 Å². The van der Waals surface area contributed by atoms with Gasteiger partial charge in [-0.25, -0.2) is 8.78 Å². The minimum Gasteiger partial charge on any atom is -0.385 e. The van der Waals surface area contributed by atoms with Crippen LogP contribution in [-0.2, 0) is 11.3 Å². The summed E-state index contributed by atoms with van der Waals surface area (Å²) in [5.41, 5.74) is 2.68. The summed E-state index contributed by atoms with van der Waals surface area (Å²) in [6.07, 6.45) is 0. The smallest absolute Gasteiger partial charge is 0.148 e. The number of hydrogen-bond donors (Lipinski definition) is 1. The average Bonchev–Trinajstić information content (AvgIpc) is 3.19. The molecule has 0 radical (unpaired) electrons. The third-order valence-corrected chi connectivity index (χ3v) is 6.61. The Balaban J connectivity index is 1.09. The summed E-state index contributed by atoms with van der Waals surface area (Å²) in [6.45, 7) is 6.77. The van der Waals surface area contributed by atoms with Gasteiger partial charge in [-0.1, -0.05) is 12.1 Å². The van der Waals surface area contributed by atoms with Crippen molar-refractivity contribution in [1.29, 1.82) is 0 Å². The summed E-state index contributed by atoms with van der Waals surface area (Å²) in [6, 6.07) is 12.3. The number of likely N-dealkylation sites (tertiary alicyclic amines) is 1. The maximum Gasteiger partial charge on any atom is 0.148 e. The SMILES string of the molecule is Fc1ccc(CN2CC3C(CNc4ccc(N5CCOCC5)c(F)c4)C3C2)cc1. The fraction of sp³-hybridized carbons (Fsp3) is 0.478. The van der Waals surface area contributed by atoms with Crippen LogP contribution in [0.25, 0.3) is 0 Å². The van der Waals surface area contributed by atoms with Crippen LogP contribution in [0.5, 0.6) is 0 Å². The molecule has 3 fully saturated rings. The van der Waals surface area contributed by atoms with Gasteiger partial charge < -0.3 is 15.0 Å². The lowest BCUT2D eigenvalue weighted by molar-refractivity contribution is 0.122. The maximum absolute atomic E-state index is 14.5. The molecule has 2 aromatic rings. The molecule has 1 aliphatic carbocycles. The highest BCUT2D eigenvalue weighted by Crippen LogP contribution is 2.51. The Labute approximate surface area is 170 Å². The topological polar surface area (TPSA) is 27.7 Å². The molecule has 2 saturated heterocycles. The van der Waals surface area contributed by atoms with Gasteiger partial charge in [0.05, 0.1) is 18.9 Å². The molecule has 5 rings (SSSR count). The molecule has 2 aromatic carbocycles. The van der Waals surface area contributed by atoms with Gasteiger partial charge in [-0.3, -0.25) is 4.90 Å². The molecule has 0 bridgehead atoms. The molecule has 154 valence electrons. The van der Waals surface area contributed by atoms with Gasteiger partial charge in [0.25, 0.3) is 0 Å². The number of piperidine rings is 1. The van der Waals surface area contributed by atoms with Crippen LogP contribution in [-0.4, -0.2) is 50.8 Å². The second-order valence-electron chi connectivity index (χ2n) is 8.46. The van der Waals surface area contributed by atoms with Crippen LogP contribution in [0.1, 0.15) is 5.56 Å². The molecule has 4 nitrogen and oxygen atoms in total. The van der Waals surface area contributed by atoms with E-state index in [9.17, 15) is 8.78 Å². The Morgan fingerprint density at radius 2 is 1.69 bits per heavy atom. The number of nitrogens with zero attached hydrogens (tertiary/aromatic N) is 2. The van der Waals surface area contributed by atoms with Crippen molar-refractivity contribution < 1.29 is 13.5 Å². The van der Waals surface area contributed by atoms with Crippen LogP contribution in [0.2, 0.25) is 0 Å². The highest BCUT2D eigenvalue weighted by atomic mass is 19.1. The second-order valence-corrected chi connectivity index (χ2v) is 8.46. The number of hydrogen-bond acceptors (Lipinski definition) is 4. The molecule has 3 aliphatic rings. The Kier molecular flexibility index (Phi) is 5.14. The first kappa shape index (κ1) is 18.8. The predicted molar refractivity (Wildman–Crippen MR) is 110 cm³/mol. The number of morpholine rings is 1. The van der Waals surface area contributed by atoms with Crippen LogP contribution in [0.15, 0.2) is 42.5 Å². The first-order chi connectivity index (χ1) is 14.2. The number of ether oxygens (including phenoxy) is 1. The van der Waals surface area contributed by atoms with E-state index in [4.69, 9.17) is 4.74 Å². The Morgan fingerprint density at radius 1 is 0.966 bits per heavy atom. The molecule has 1 N–H and O–H groups in total. The standard InChI is InChI=1S/C23H27F2N3O/c24-17-3-1-16(2-4-17)13-27-14-20-19(21(20)15-27)12-26-18-5-6-23(22(25)11-18)28-7-9-29-10-8-28/h1-6,11,19-21,26H,7-10,12-15H2. The van der Waals surface area contributed by atoms with E-state index in [1.165, 1.54) is 17.7 Å². The summed E-state index contributed by atoms with van der Waals surface area (Å²) in [4.78, 5) is 4.50. The van der Waals surface area contributed by atoms with Gasteiger partial charge in [0, 0.05) is 45.0 Å².